The van der Waals surface area contributed by atoms with E-state index in [0.29, 0.717) is 19.6 Å². The fourth-order valence-corrected chi connectivity index (χ4v) is 2.13. The van der Waals surface area contributed by atoms with Gasteiger partial charge in [-0.05, 0) is 31.9 Å². The number of guanidine groups is 1. The van der Waals surface area contributed by atoms with E-state index in [9.17, 15) is 18.0 Å². The van der Waals surface area contributed by atoms with Gasteiger partial charge in [0.05, 0.1) is 12.3 Å². The summed E-state index contributed by atoms with van der Waals surface area (Å²) >= 11 is 0. The van der Waals surface area contributed by atoms with Crippen LogP contribution in [0.2, 0.25) is 0 Å². The molecular weight excluding hydrogens is 351 g/mol. The van der Waals surface area contributed by atoms with Crippen LogP contribution in [-0.2, 0) is 9.53 Å². The molecule has 1 aromatic carbocycles. The summed E-state index contributed by atoms with van der Waals surface area (Å²) in [5.41, 5.74) is 5.78. The molecule has 0 aliphatic heterocycles. The lowest BCUT2D eigenvalue weighted by molar-refractivity contribution is -0.274. The predicted octanol–water partition coefficient (Wildman–Crippen LogP) is 3.83. The first-order valence-corrected chi connectivity index (χ1v) is 8.39. The predicted molar refractivity (Wildman–Crippen MR) is 93.0 cm³/mol. The monoisotopic (exact) mass is 375 g/mol. The topological polar surface area (TPSA) is 85.9 Å². The summed E-state index contributed by atoms with van der Waals surface area (Å²) in [6, 6.07) is 5.59. The van der Waals surface area contributed by atoms with E-state index in [1.165, 1.54) is 18.2 Å². The van der Waals surface area contributed by atoms with Crippen molar-refractivity contribution in [3.63, 3.8) is 0 Å². The van der Waals surface area contributed by atoms with Crippen molar-refractivity contribution in [3.05, 3.63) is 24.3 Å². The first-order chi connectivity index (χ1) is 12.3. The molecule has 26 heavy (non-hydrogen) atoms. The number of carbonyl (C=O) groups excluding carboxylic acids is 1. The number of alkyl halides is 3. The molecule has 0 aliphatic rings. The number of aliphatic imine (C=N–C) groups is 1. The molecule has 0 aromatic heterocycles. The molecule has 0 heterocycles. The minimum atomic E-state index is -4.78. The number of rotatable bonds is 10. The lowest BCUT2D eigenvalue weighted by Gasteiger charge is -2.14. The summed E-state index contributed by atoms with van der Waals surface area (Å²) in [6.45, 7) is 2.58. The SMILES string of the molecule is CCOC(=O)CCCCCCN=C(N)Nc1ccccc1OC(F)(F)F. The second-order valence-electron chi connectivity index (χ2n) is 5.41. The van der Waals surface area contributed by atoms with Gasteiger partial charge in [-0.25, -0.2) is 0 Å². The van der Waals surface area contributed by atoms with Gasteiger partial charge in [0.2, 0.25) is 0 Å². The highest BCUT2D eigenvalue weighted by molar-refractivity contribution is 5.93. The zero-order valence-corrected chi connectivity index (χ0v) is 14.6. The molecule has 0 aliphatic carbocycles. The number of carbonyl (C=O) groups is 1. The molecule has 9 heteroatoms. The maximum Gasteiger partial charge on any atom is 0.573 e. The van der Waals surface area contributed by atoms with E-state index >= 15 is 0 Å². The molecule has 0 bridgehead atoms. The molecule has 1 aromatic rings. The number of hydrogen-bond donors (Lipinski definition) is 2. The van der Waals surface area contributed by atoms with E-state index in [2.05, 4.69) is 15.0 Å². The number of ether oxygens (including phenoxy) is 2. The minimum absolute atomic E-state index is 0.00903. The summed E-state index contributed by atoms with van der Waals surface area (Å²) in [6.07, 6.45) is -1.15. The van der Waals surface area contributed by atoms with Crippen LogP contribution in [0.3, 0.4) is 0 Å². The number of hydrogen-bond acceptors (Lipinski definition) is 4. The molecular formula is C17H24F3N3O3. The Morgan fingerprint density at radius 1 is 1.19 bits per heavy atom. The number of para-hydroxylation sites is 2. The molecule has 6 nitrogen and oxygen atoms in total. The Kier molecular flexibility index (Phi) is 9.32. The Bertz CT molecular complexity index is 592. The van der Waals surface area contributed by atoms with Crippen LogP contribution in [0.25, 0.3) is 0 Å². The molecule has 0 saturated heterocycles. The third kappa shape index (κ3) is 9.75. The molecule has 0 spiro atoms. The maximum absolute atomic E-state index is 12.4. The van der Waals surface area contributed by atoms with Gasteiger partial charge in [-0.3, -0.25) is 9.79 Å². The highest BCUT2D eigenvalue weighted by atomic mass is 19.4. The molecule has 0 saturated carbocycles. The van der Waals surface area contributed by atoms with Gasteiger partial charge in [0, 0.05) is 13.0 Å². The van der Waals surface area contributed by atoms with Crippen molar-refractivity contribution < 1.29 is 27.4 Å². The van der Waals surface area contributed by atoms with Crippen LogP contribution in [0.4, 0.5) is 18.9 Å². The van der Waals surface area contributed by atoms with Crippen LogP contribution in [-0.4, -0.2) is 31.4 Å². The number of halogens is 3. The van der Waals surface area contributed by atoms with E-state index in [1.54, 1.807) is 13.0 Å². The van der Waals surface area contributed by atoms with Crippen LogP contribution in [0.15, 0.2) is 29.3 Å². The third-order valence-electron chi connectivity index (χ3n) is 3.25. The Hall–Kier alpha value is -2.45. The number of unbranched alkanes of at least 4 members (excludes halogenated alkanes) is 3. The van der Waals surface area contributed by atoms with Gasteiger partial charge in [0.25, 0.3) is 0 Å². The summed E-state index contributed by atoms with van der Waals surface area (Å²) in [5, 5.41) is 2.61. The Labute approximate surface area is 150 Å². The van der Waals surface area contributed by atoms with E-state index in [-0.39, 0.29) is 23.4 Å². The van der Waals surface area contributed by atoms with Crippen molar-refractivity contribution in [2.75, 3.05) is 18.5 Å². The molecule has 0 fully saturated rings. The second kappa shape index (κ2) is 11.2. The van der Waals surface area contributed by atoms with Crippen molar-refractivity contribution in [1.29, 1.82) is 0 Å². The number of nitrogens with two attached hydrogens (primary N) is 1. The fraction of sp³-hybridized carbons (Fsp3) is 0.529. The van der Waals surface area contributed by atoms with E-state index in [4.69, 9.17) is 10.5 Å². The highest BCUT2D eigenvalue weighted by Crippen LogP contribution is 2.29. The maximum atomic E-state index is 12.4. The first kappa shape index (κ1) is 21.6. The van der Waals surface area contributed by atoms with Crippen molar-refractivity contribution in [2.24, 2.45) is 10.7 Å². The highest BCUT2D eigenvalue weighted by Gasteiger charge is 2.32. The molecule has 0 unspecified atom stereocenters. The van der Waals surface area contributed by atoms with Crippen LogP contribution in [0.5, 0.6) is 5.75 Å². The fourth-order valence-electron chi connectivity index (χ4n) is 2.13. The molecule has 0 atom stereocenters. The largest absolute Gasteiger partial charge is 0.573 e. The number of anilines is 1. The lowest BCUT2D eigenvalue weighted by atomic mass is 10.1. The van der Waals surface area contributed by atoms with Gasteiger partial charge in [0.1, 0.15) is 0 Å². The number of benzene rings is 1. The summed E-state index contributed by atoms with van der Waals surface area (Å²) in [7, 11) is 0. The van der Waals surface area contributed by atoms with Gasteiger partial charge in [-0.15, -0.1) is 13.2 Å². The minimum Gasteiger partial charge on any atom is -0.466 e. The van der Waals surface area contributed by atoms with Gasteiger partial charge in [0.15, 0.2) is 11.7 Å². The van der Waals surface area contributed by atoms with E-state index < -0.39 is 6.36 Å². The normalized spacial score (nSPS) is 11.9. The number of nitrogens with one attached hydrogen (secondary N) is 1. The van der Waals surface area contributed by atoms with Crippen molar-refractivity contribution in [1.82, 2.24) is 0 Å². The lowest BCUT2D eigenvalue weighted by Crippen LogP contribution is -2.24. The Morgan fingerprint density at radius 3 is 2.58 bits per heavy atom. The summed E-state index contributed by atoms with van der Waals surface area (Å²) in [4.78, 5) is 15.2. The van der Waals surface area contributed by atoms with Gasteiger partial charge >= 0.3 is 12.3 Å². The Balaban J connectivity index is 2.33. The first-order valence-electron chi connectivity index (χ1n) is 8.39. The van der Waals surface area contributed by atoms with Gasteiger partial charge in [-0.1, -0.05) is 25.0 Å². The van der Waals surface area contributed by atoms with Crippen molar-refractivity contribution >= 4 is 17.6 Å². The molecule has 3 N–H and O–H groups in total. The summed E-state index contributed by atoms with van der Waals surface area (Å²) in [5.74, 6) is -0.564. The van der Waals surface area contributed by atoms with Crippen molar-refractivity contribution in [2.45, 2.75) is 45.4 Å². The molecule has 146 valence electrons. The number of esters is 1. The zero-order chi connectivity index (χ0) is 19.4. The number of nitrogens with zero attached hydrogens (tertiary/aromatic N) is 1. The third-order valence-corrected chi connectivity index (χ3v) is 3.25. The van der Waals surface area contributed by atoms with Gasteiger partial charge < -0.3 is 20.5 Å². The average molecular weight is 375 g/mol. The van der Waals surface area contributed by atoms with Crippen LogP contribution in [0, 0.1) is 0 Å². The van der Waals surface area contributed by atoms with Gasteiger partial charge in [-0.2, -0.15) is 0 Å². The van der Waals surface area contributed by atoms with Crippen LogP contribution in [0.1, 0.15) is 39.0 Å². The standard InChI is InChI=1S/C17H24F3N3O3/c1-2-25-15(24)11-5-3-4-8-12-22-16(21)23-13-9-6-7-10-14(13)26-17(18,19)20/h6-7,9-10H,2-5,8,11-12H2,1H3,(H3,21,22,23). The molecule has 0 radical (unpaired) electrons. The van der Waals surface area contributed by atoms with Crippen LogP contribution >= 0.6 is 0 Å². The molecule has 0 amide bonds. The van der Waals surface area contributed by atoms with Crippen LogP contribution < -0.4 is 15.8 Å². The quantitative estimate of drug-likeness (QED) is 0.281. The second-order valence-corrected chi connectivity index (χ2v) is 5.41. The van der Waals surface area contributed by atoms with E-state index in [0.717, 1.165) is 25.7 Å². The zero-order valence-electron chi connectivity index (χ0n) is 14.6. The molecule has 1 rings (SSSR count). The average Bonchev–Trinajstić information content (AvgIpc) is 2.54. The Morgan fingerprint density at radius 2 is 1.88 bits per heavy atom. The van der Waals surface area contributed by atoms with E-state index in [1.807, 2.05) is 0 Å². The van der Waals surface area contributed by atoms with Crippen molar-refractivity contribution in [3.8, 4) is 5.75 Å². The smallest absolute Gasteiger partial charge is 0.466 e. The summed E-state index contributed by atoms with van der Waals surface area (Å²) < 4.78 is 45.8.